The highest BCUT2D eigenvalue weighted by molar-refractivity contribution is 7.91. The molecule has 9 heteroatoms. The Bertz CT molecular complexity index is 1110. The fraction of sp³-hybridized carbons (Fsp3) is 0.261. The van der Waals surface area contributed by atoms with Crippen LogP contribution in [0.2, 0.25) is 0 Å². The molecular weight excluding hydrogens is 430 g/mol. The summed E-state index contributed by atoms with van der Waals surface area (Å²) in [5, 5.41) is 12.4. The molecule has 1 aromatic carbocycles. The Labute approximate surface area is 188 Å². The molecule has 0 aliphatic rings. The molecular formula is C23H27N3O5S. The van der Waals surface area contributed by atoms with Crippen molar-refractivity contribution in [3.05, 3.63) is 84.2 Å². The van der Waals surface area contributed by atoms with Crippen molar-refractivity contribution in [1.29, 1.82) is 0 Å². The molecule has 2 rings (SSSR count). The monoisotopic (exact) mass is 457 g/mol. The van der Waals surface area contributed by atoms with Gasteiger partial charge >= 0.3 is 5.97 Å². The average Bonchev–Trinajstić information content (AvgIpc) is 3.18. The van der Waals surface area contributed by atoms with Crippen molar-refractivity contribution in [2.75, 3.05) is 0 Å². The van der Waals surface area contributed by atoms with Gasteiger partial charge in [-0.05, 0) is 31.4 Å². The number of nitrogens with one attached hydrogen (secondary N) is 1. The third-order valence-corrected chi connectivity index (χ3v) is 6.09. The SMILES string of the molecule is C=CC(C=Cc1ccccc1)S(=O)(=O)NC(=O)C(Cc1cnn(CC=C(C)C)c1)C(=O)O. The predicted octanol–water partition coefficient (Wildman–Crippen LogP) is 2.81. The Morgan fingerprint density at radius 2 is 1.94 bits per heavy atom. The van der Waals surface area contributed by atoms with Crippen molar-refractivity contribution in [3.8, 4) is 0 Å². The van der Waals surface area contributed by atoms with Crippen LogP contribution in [0.4, 0.5) is 0 Å². The topological polar surface area (TPSA) is 118 Å². The smallest absolute Gasteiger partial charge is 0.316 e. The second-order valence-electron chi connectivity index (χ2n) is 7.43. The van der Waals surface area contributed by atoms with Crippen LogP contribution in [0.5, 0.6) is 0 Å². The first-order valence-electron chi connectivity index (χ1n) is 9.91. The lowest BCUT2D eigenvalue weighted by atomic mass is 10.0. The summed E-state index contributed by atoms with van der Waals surface area (Å²) in [4.78, 5) is 24.2. The van der Waals surface area contributed by atoms with E-state index in [1.165, 1.54) is 12.3 Å². The minimum atomic E-state index is -4.22. The molecule has 0 aliphatic carbocycles. The van der Waals surface area contributed by atoms with Gasteiger partial charge in [0.25, 0.3) is 0 Å². The molecule has 32 heavy (non-hydrogen) atoms. The first kappa shape index (κ1) is 24.8. The van der Waals surface area contributed by atoms with E-state index in [0.717, 1.165) is 17.2 Å². The number of carboxylic acids is 1. The maximum absolute atomic E-state index is 12.7. The number of hydrogen-bond donors (Lipinski definition) is 2. The third-order valence-electron chi connectivity index (χ3n) is 4.54. The van der Waals surface area contributed by atoms with Gasteiger partial charge in [-0.25, -0.2) is 8.42 Å². The fourth-order valence-corrected chi connectivity index (χ4v) is 3.87. The van der Waals surface area contributed by atoms with Crippen molar-refractivity contribution in [2.24, 2.45) is 5.92 Å². The van der Waals surface area contributed by atoms with Crippen LogP contribution in [0, 0.1) is 5.92 Å². The molecule has 0 radical (unpaired) electrons. The number of rotatable bonds is 11. The second-order valence-corrected chi connectivity index (χ2v) is 9.27. The highest BCUT2D eigenvalue weighted by Gasteiger charge is 2.32. The number of carbonyl (C=O) groups excluding carboxylic acids is 1. The highest BCUT2D eigenvalue weighted by atomic mass is 32.2. The molecule has 2 aromatic rings. The summed E-state index contributed by atoms with van der Waals surface area (Å²) in [6, 6.07) is 9.02. The normalized spacial score (nSPS) is 13.3. The van der Waals surface area contributed by atoms with Crippen LogP contribution in [-0.4, -0.2) is 40.4 Å². The number of sulfonamides is 1. The van der Waals surface area contributed by atoms with Gasteiger partial charge in [0.2, 0.25) is 15.9 Å². The van der Waals surface area contributed by atoms with Crippen molar-refractivity contribution in [1.82, 2.24) is 14.5 Å². The van der Waals surface area contributed by atoms with E-state index in [9.17, 15) is 23.1 Å². The highest BCUT2D eigenvalue weighted by Crippen LogP contribution is 2.13. The molecule has 0 fully saturated rings. The van der Waals surface area contributed by atoms with E-state index in [1.807, 2.05) is 30.7 Å². The maximum atomic E-state index is 12.7. The molecule has 2 N–H and O–H groups in total. The van der Waals surface area contributed by atoms with E-state index in [-0.39, 0.29) is 6.42 Å². The van der Waals surface area contributed by atoms with E-state index in [1.54, 1.807) is 41.2 Å². The molecule has 0 saturated heterocycles. The number of nitrogens with zero attached hydrogens (tertiary/aromatic N) is 2. The summed E-state index contributed by atoms with van der Waals surface area (Å²) in [5.74, 6) is -4.13. The van der Waals surface area contributed by atoms with Gasteiger partial charge in [0, 0.05) is 6.20 Å². The van der Waals surface area contributed by atoms with E-state index < -0.39 is 33.1 Å². The maximum Gasteiger partial charge on any atom is 0.316 e. The lowest BCUT2D eigenvalue weighted by Crippen LogP contribution is -2.43. The number of carboxylic acid groups (broad SMARTS) is 1. The molecule has 0 saturated carbocycles. The molecule has 0 bridgehead atoms. The van der Waals surface area contributed by atoms with Gasteiger partial charge < -0.3 is 5.11 Å². The number of allylic oxidation sites excluding steroid dienone is 2. The van der Waals surface area contributed by atoms with Crippen LogP contribution >= 0.6 is 0 Å². The number of aliphatic carboxylic acids is 1. The molecule has 1 amide bonds. The first-order chi connectivity index (χ1) is 15.1. The van der Waals surface area contributed by atoms with Crippen LogP contribution in [0.15, 0.2) is 73.1 Å². The van der Waals surface area contributed by atoms with Gasteiger partial charge in [0.15, 0.2) is 0 Å². The Hall–Kier alpha value is -3.46. The molecule has 0 spiro atoms. The zero-order valence-corrected chi connectivity index (χ0v) is 18.8. The lowest BCUT2D eigenvalue weighted by molar-refractivity contribution is -0.146. The van der Waals surface area contributed by atoms with E-state index >= 15 is 0 Å². The summed E-state index contributed by atoms with van der Waals surface area (Å²) < 4.78 is 28.8. The van der Waals surface area contributed by atoms with Gasteiger partial charge in [-0.1, -0.05) is 60.2 Å². The van der Waals surface area contributed by atoms with E-state index in [2.05, 4.69) is 11.7 Å². The van der Waals surface area contributed by atoms with Crippen LogP contribution in [0.1, 0.15) is 25.0 Å². The minimum Gasteiger partial charge on any atom is -0.481 e. The van der Waals surface area contributed by atoms with Crippen molar-refractivity contribution >= 4 is 28.0 Å². The molecule has 0 aliphatic heterocycles. The van der Waals surface area contributed by atoms with Crippen LogP contribution in [0.25, 0.3) is 6.08 Å². The van der Waals surface area contributed by atoms with Gasteiger partial charge in [-0.15, -0.1) is 6.58 Å². The van der Waals surface area contributed by atoms with Gasteiger partial charge in [0.05, 0.1) is 12.7 Å². The lowest BCUT2D eigenvalue weighted by Gasteiger charge is -2.15. The number of hydrogen-bond acceptors (Lipinski definition) is 5. The summed E-state index contributed by atoms with van der Waals surface area (Å²) in [7, 11) is -4.22. The van der Waals surface area contributed by atoms with Gasteiger partial charge in [0.1, 0.15) is 11.2 Å². The number of aromatic nitrogens is 2. The summed E-state index contributed by atoms with van der Waals surface area (Å²) in [6.45, 7) is 7.91. The Morgan fingerprint density at radius 3 is 2.53 bits per heavy atom. The Kier molecular flexibility index (Phi) is 8.71. The molecule has 170 valence electrons. The number of amides is 1. The van der Waals surface area contributed by atoms with Crippen LogP contribution in [-0.2, 0) is 32.6 Å². The number of benzene rings is 1. The molecule has 8 nitrogen and oxygen atoms in total. The molecule has 2 atom stereocenters. The van der Waals surface area contributed by atoms with Crippen molar-refractivity contribution < 1.29 is 23.1 Å². The predicted molar refractivity (Wildman–Crippen MR) is 123 cm³/mol. The molecule has 2 unspecified atom stereocenters. The van der Waals surface area contributed by atoms with E-state index in [4.69, 9.17) is 0 Å². The van der Waals surface area contributed by atoms with Crippen molar-refractivity contribution in [2.45, 2.75) is 32.1 Å². The zero-order valence-electron chi connectivity index (χ0n) is 18.0. The summed E-state index contributed by atoms with van der Waals surface area (Å²) >= 11 is 0. The van der Waals surface area contributed by atoms with Crippen molar-refractivity contribution in [3.63, 3.8) is 0 Å². The minimum absolute atomic E-state index is 0.190. The number of carbonyl (C=O) groups is 2. The van der Waals surface area contributed by atoms with Crippen LogP contribution in [0.3, 0.4) is 0 Å². The van der Waals surface area contributed by atoms with Gasteiger partial charge in [-0.2, -0.15) is 5.10 Å². The average molecular weight is 458 g/mol. The molecule has 1 aromatic heterocycles. The third kappa shape index (κ3) is 7.35. The Balaban J connectivity index is 2.12. The quantitative estimate of drug-likeness (QED) is 0.396. The summed E-state index contributed by atoms with van der Waals surface area (Å²) in [6.07, 6.45) is 8.98. The Morgan fingerprint density at radius 1 is 1.25 bits per heavy atom. The van der Waals surface area contributed by atoms with Crippen LogP contribution < -0.4 is 4.72 Å². The zero-order chi connectivity index (χ0) is 23.7. The second kappa shape index (κ2) is 11.2. The first-order valence-corrected chi connectivity index (χ1v) is 11.5. The summed E-state index contributed by atoms with van der Waals surface area (Å²) in [5.41, 5.74) is 2.39. The fourth-order valence-electron chi connectivity index (χ4n) is 2.77. The van der Waals surface area contributed by atoms with E-state index in [0.29, 0.717) is 12.1 Å². The van der Waals surface area contributed by atoms with Gasteiger partial charge in [-0.3, -0.25) is 19.0 Å². The molecule has 1 heterocycles. The standard InChI is InChI=1S/C23H27N3O5S/c1-4-20(11-10-18-8-6-5-7-9-18)32(30,31)25-22(27)21(23(28)29)14-19-15-24-26(16-19)13-12-17(2)3/h4-12,15-16,20-21H,1,13-14H2,2-3H3,(H,25,27)(H,28,29). The largest absolute Gasteiger partial charge is 0.481 e.